The molecule has 2 heterocycles. The Bertz CT molecular complexity index is 1070. The molecule has 2 aromatic heterocycles. The topological polar surface area (TPSA) is 130 Å². The van der Waals surface area contributed by atoms with E-state index in [1.54, 1.807) is 45.0 Å². The maximum atomic E-state index is 12.6. The zero-order valence-electron chi connectivity index (χ0n) is 16.1. The molecule has 0 aliphatic heterocycles. The average molecular weight is 418 g/mol. The second-order valence-corrected chi connectivity index (χ2v) is 7.48. The number of nitrogens with one attached hydrogen (secondary N) is 1. The van der Waals surface area contributed by atoms with E-state index in [9.17, 15) is 9.59 Å². The maximum absolute atomic E-state index is 12.6. The van der Waals surface area contributed by atoms with Crippen molar-refractivity contribution in [1.82, 2.24) is 20.1 Å². The summed E-state index contributed by atoms with van der Waals surface area (Å²) >= 11 is 1.08. The van der Waals surface area contributed by atoms with Crippen LogP contribution < -0.4 is 10.2 Å². The lowest BCUT2D eigenvalue weighted by molar-refractivity contribution is -0.137. The number of carbonyl (C=O) groups excluding carboxylic acids is 2. The fourth-order valence-corrected chi connectivity index (χ4v) is 2.83. The summed E-state index contributed by atoms with van der Waals surface area (Å²) in [6.07, 6.45) is -0.666. The summed E-state index contributed by atoms with van der Waals surface area (Å²) in [7, 11) is 1.28. The molecular weight excluding hydrogens is 400 g/mol. The Morgan fingerprint density at radius 2 is 2.00 bits per heavy atom. The Hall–Kier alpha value is -3.54. The number of hydrogen-bond acceptors (Lipinski definition) is 10. The first-order valence-corrected chi connectivity index (χ1v) is 9.25. The number of para-hydroxylation sites is 1. The molecule has 0 aliphatic rings. The van der Waals surface area contributed by atoms with Gasteiger partial charge in [-0.2, -0.15) is 0 Å². The molecule has 12 heteroatoms. The van der Waals surface area contributed by atoms with Crippen molar-refractivity contribution in [2.24, 2.45) is 5.16 Å². The highest BCUT2D eigenvalue weighted by Gasteiger charge is 2.24. The number of carbonyl (C=O) groups is 2. The predicted octanol–water partition coefficient (Wildman–Crippen LogP) is 2.24. The van der Waals surface area contributed by atoms with Gasteiger partial charge < -0.3 is 14.4 Å². The zero-order chi connectivity index (χ0) is 21.0. The fraction of sp³-hybridized carbons (Fsp3) is 0.294. The number of thiazole rings is 1. The quantitative estimate of drug-likeness (QED) is 0.379. The first kappa shape index (κ1) is 20.2. The molecule has 1 N–H and O–H groups in total. The molecule has 0 fully saturated rings. The molecule has 0 unspecified atom stereocenters. The van der Waals surface area contributed by atoms with Gasteiger partial charge in [-0.05, 0) is 38.1 Å². The number of hydrogen-bond donors (Lipinski definition) is 1. The normalized spacial score (nSPS) is 11.9. The first-order valence-electron chi connectivity index (χ1n) is 8.37. The molecule has 0 radical (unpaired) electrons. The predicted molar refractivity (Wildman–Crippen MR) is 105 cm³/mol. The second kappa shape index (κ2) is 8.22. The molecule has 1 amide bonds. The van der Waals surface area contributed by atoms with Gasteiger partial charge in [0.1, 0.15) is 29.4 Å². The maximum Gasteiger partial charge on any atom is 0.413 e. The molecule has 0 saturated carbocycles. The van der Waals surface area contributed by atoms with Crippen molar-refractivity contribution in [2.75, 3.05) is 12.4 Å². The first-order chi connectivity index (χ1) is 13.8. The third-order valence-electron chi connectivity index (χ3n) is 3.22. The number of oxime groups is 1. The van der Waals surface area contributed by atoms with Crippen LogP contribution >= 0.6 is 11.3 Å². The number of aromatic nitrogens is 4. The van der Waals surface area contributed by atoms with Gasteiger partial charge in [0.15, 0.2) is 5.13 Å². The number of anilines is 1. The van der Waals surface area contributed by atoms with Crippen LogP contribution in [0.1, 0.15) is 26.5 Å². The van der Waals surface area contributed by atoms with Crippen LogP contribution in [0.4, 0.5) is 9.93 Å². The monoisotopic (exact) mass is 418 g/mol. The standard InChI is InChI=1S/C17H18N6O5S/c1-17(2,3)27-16(25)19-15-18-11(9-29-15)13(21-26-4)14(24)28-23-12-8-6-5-7-10(12)20-22-23/h5-9H,1-4H3,(H,18,19,25)/b21-13-. The Labute approximate surface area is 169 Å². The molecular formula is C17H18N6O5S. The molecule has 0 atom stereocenters. The zero-order valence-corrected chi connectivity index (χ0v) is 16.9. The van der Waals surface area contributed by atoms with Crippen molar-refractivity contribution in [2.45, 2.75) is 26.4 Å². The highest BCUT2D eigenvalue weighted by Crippen LogP contribution is 2.18. The van der Waals surface area contributed by atoms with Crippen LogP contribution in [0.25, 0.3) is 11.0 Å². The number of nitrogens with zero attached hydrogens (tertiary/aromatic N) is 5. The van der Waals surface area contributed by atoms with Gasteiger partial charge in [0.2, 0.25) is 5.71 Å². The van der Waals surface area contributed by atoms with E-state index in [0.29, 0.717) is 11.0 Å². The lowest BCUT2D eigenvalue weighted by atomic mass is 10.2. The van der Waals surface area contributed by atoms with Crippen LogP contribution in [0, 0.1) is 0 Å². The highest BCUT2D eigenvalue weighted by atomic mass is 32.1. The lowest BCUT2D eigenvalue weighted by Gasteiger charge is -2.18. The van der Waals surface area contributed by atoms with E-state index in [1.807, 2.05) is 0 Å². The van der Waals surface area contributed by atoms with Crippen molar-refractivity contribution in [3.8, 4) is 0 Å². The smallest absolute Gasteiger partial charge is 0.413 e. The van der Waals surface area contributed by atoms with Crippen LogP contribution in [-0.4, -0.2) is 50.6 Å². The summed E-state index contributed by atoms with van der Waals surface area (Å²) in [6, 6.07) is 6.97. The molecule has 3 aromatic rings. The van der Waals surface area contributed by atoms with Crippen LogP contribution in [0.15, 0.2) is 34.8 Å². The van der Waals surface area contributed by atoms with E-state index in [4.69, 9.17) is 14.4 Å². The van der Waals surface area contributed by atoms with Crippen molar-refractivity contribution >= 4 is 45.3 Å². The summed E-state index contributed by atoms with van der Waals surface area (Å²) < 4.78 is 5.17. The van der Waals surface area contributed by atoms with Crippen molar-refractivity contribution < 1.29 is 24.0 Å². The molecule has 3 rings (SSSR count). The Kier molecular flexibility index (Phi) is 5.73. The van der Waals surface area contributed by atoms with E-state index in [2.05, 4.69) is 25.8 Å². The lowest BCUT2D eigenvalue weighted by Crippen LogP contribution is -2.29. The van der Waals surface area contributed by atoms with Crippen LogP contribution in [0.3, 0.4) is 0 Å². The fourth-order valence-electron chi connectivity index (χ4n) is 2.15. The number of rotatable bonds is 5. The minimum atomic E-state index is -0.864. The third-order valence-corrected chi connectivity index (χ3v) is 3.98. The van der Waals surface area contributed by atoms with Crippen molar-refractivity contribution in [3.63, 3.8) is 0 Å². The summed E-state index contributed by atoms with van der Waals surface area (Å²) in [5.74, 6) is -0.864. The summed E-state index contributed by atoms with van der Waals surface area (Å²) in [5, 5.41) is 15.6. The number of fused-ring (bicyclic) bond motifs is 1. The van der Waals surface area contributed by atoms with Gasteiger partial charge in [0.25, 0.3) is 0 Å². The van der Waals surface area contributed by atoms with Crippen LogP contribution in [0.2, 0.25) is 0 Å². The van der Waals surface area contributed by atoms with E-state index < -0.39 is 17.7 Å². The van der Waals surface area contributed by atoms with Crippen molar-refractivity contribution in [1.29, 1.82) is 0 Å². The van der Waals surface area contributed by atoms with Crippen molar-refractivity contribution in [3.05, 3.63) is 35.3 Å². The highest BCUT2D eigenvalue weighted by molar-refractivity contribution is 7.14. The Morgan fingerprint density at radius 1 is 1.24 bits per heavy atom. The van der Waals surface area contributed by atoms with Gasteiger partial charge in [0, 0.05) is 5.38 Å². The van der Waals surface area contributed by atoms with Crippen LogP contribution in [0.5, 0.6) is 0 Å². The van der Waals surface area contributed by atoms with Gasteiger partial charge in [-0.1, -0.05) is 22.1 Å². The second-order valence-electron chi connectivity index (χ2n) is 6.62. The number of amides is 1. The molecule has 0 aliphatic carbocycles. The minimum Gasteiger partial charge on any atom is -0.444 e. The molecule has 0 saturated heterocycles. The van der Waals surface area contributed by atoms with Gasteiger partial charge in [0.05, 0.1) is 0 Å². The minimum absolute atomic E-state index is 0.150. The average Bonchev–Trinajstić information content (AvgIpc) is 3.25. The van der Waals surface area contributed by atoms with E-state index >= 15 is 0 Å². The van der Waals surface area contributed by atoms with E-state index in [0.717, 1.165) is 16.2 Å². The van der Waals surface area contributed by atoms with Crippen LogP contribution in [-0.2, 0) is 14.4 Å². The summed E-state index contributed by atoms with van der Waals surface area (Å²) in [4.78, 5) is 39.6. The summed E-state index contributed by atoms with van der Waals surface area (Å²) in [5.41, 5.74) is 0.348. The number of benzene rings is 1. The molecule has 0 spiro atoms. The summed E-state index contributed by atoms with van der Waals surface area (Å²) in [6.45, 7) is 5.23. The van der Waals surface area contributed by atoms with Gasteiger partial charge in [-0.25, -0.2) is 14.6 Å². The van der Waals surface area contributed by atoms with Gasteiger partial charge in [-0.15, -0.1) is 16.4 Å². The van der Waals surface area contributed by atoms with E-state index in [1.165, 1.54) is 12.5 Å². The molecule has 0 bridgehead atoms. The third kappa shape index (κ3) is 5.04. The molecule has 29 heavy (non-hydrogen) atoms. The van der Waals surface area contributed by atoms with E-state index in [-0.39, 0.29) is 16.5 Å². The molecule has 1 aromatic carbocycles. The van der Waals surface area contributed by atoms with Gasteiger partial charge in [-0.3, -0.25) is 5.32 Å². The molecule has 11 nitrogen and oxygen atoms in total. The largest absolute Gasteiger partial charge is 0.444 e. The van der Waals surface area contributed by atoms with Gasteiger partial charge >= 0.3 is 12.1 Å². The Balaban J connectivity index is 1.76. The molecule has 152 valence electrons. The Morgan fingerprint density at radius 3 is 2.72 bits per heavy atom. The SMILES string of the molecule is CO/N=C(\C(=O)On1nnc2ccccc21)c1csc(NC(=O)OC(C)(C)C)n1. The number of ether oxygens (including phenoxy) is 1.